The molecule has 0 aliphatic heterocycles. The van der Waals surface area contributed by atoms with Crippen LogP contribution in [0.2, 0.25) is 0 Å². The van der Waals surface area contributed by atoms with Gasteiger partial charge in [-0.15, -0.1) is 0 Å². The summed E-state index contributed by atoms with van der Waals surface area (Å²) in [4.78, 5) is 15.3. The molecule has 0 N–H and O–H groups in total. The minimum atomic E-state index is 0.255. The first-order valence-electron chi connectivity index (χ1n) is 9.26. The molecule has 1 heterocycles. The molecule has 1 aromatic rings. The smallest absolute Gasteiger partial charge is 0.185 e. The highest BCUT2D eigenvalue weighted by atomic mass is 32.2. The van der Waals surface area contributed by atoms with Crippen LogP contribution in [0.25, 0.3) is 0 Å². The lowest BCUT2D eigenvalue weighted by Crippen LogP contribution is -2.11. The number of hydrogen-bond donors (Lipinski definition) is 0. The minimum absolute atomic E-state index is 0.255. The number of rotatable bonds is 9. The Bertz CT molecular complexity index is 442. The summed E-state index contributed by atoms with van der Waals surface area (Å²) in [6.45, 7) is 1.68. The summed E-state index contributed by atoms with van der Waals surface area (Å²) in [6.07, 6.45) is 17.3. The van der Waals surface area contributed by atoms with Gasteiger partial charge in [0.05, 0.1) is 0 Å². The molecule has 2 nitrogen and oxygen atoms in total. The van der Waals surface area contributed by atoms with Gasteiger partial charge in [-0.1, -0.05) is 56.7 Å². The maximum Gasteiger partial charge on any atom is 0.185 e. The van der Waals surface area contributed by atoms with Crippen LogP contribution in [0.3, 0.4) is 0 Å². The molecule has 23 heavy (non-hydrogen) atoms. The van der Waals surface area contributed by atoms with Crippen molar-refractivity contribution in [2.45, 2.75) is 71.1 Å². The zero-order valence-electron chi connectivity index (χ0n) is 14.5. The summed E-state index contributed by atoms with van der Waals surface area (Å²) < 4.78 is 0. The second kappa shape index (κ2) is 10.9. The third-order valence-electron chi connectivity index (χ3n) is 5.13. The Morgan fingerprint density at radius 1 is 1.17 bits per heavy atom. The molecule has 1 atom stereocenters. The van der Waals surface area contributed by atoms with Crippen LogP contribution < -0.4 is 0 Å². The standard InChI is InChI=1S/C20H31NOS/c1-17(22)23-16-13-19(8-7-18-5-3-2-4-6-18)9-10-20-11-14-21-15-12-20/h11-12,14-15,18-19H,2-10,13,16H2,1H3. The number of carbonyl (C=O) groups excluding carboxylic acids is 1. The first-order valence-corrected chi connectivity index (χ1v) is 10.2. The largest absolute Gasteiger partial charge is 0.288 e. The molecule has 1 fully saturated rings. The molecule has 128 valence electrons. The van der Waals surface area contributed by atoms with E-state index in [1.807, 2.05) is 12.4 Å². The van der Waals surface area contributed by atoms with E-state index in [1.165, 1.54) is 75.1 Å². The Morgan fingerprint density at radius 3 is 2.61 bits per heavy atom. The molecule has 1 aliphatic carbocycles. The molecule has 3 heteroatoms. The van der Waals surface area contributed by atoms with Crippen LogP contribution in [-0.4, -0.2) is 15.9 Å². The fourth-order valence-corrected chi connectivity index (χ4v) is 4.41. The molecule has 0 bridgehead atoms. The number of aryl methyl sites for hydroxylation is 1. The number of nitrogens with zero attached hydrogens (tertiary/aromatic N) is 1. The highest BCUT2D eigenvalue weighted by Crippen LogP contribution is 2.31. The Kier molecular flexibility index (Phi) is 8.73. The van der Waals surface area contributed by atoms with Crippen LogP contribution >= 0.6 is 11.8 Å². The van der Waals surface area contributed by atoms with Gasteiger partial charge in [-0.25, -0.2) is 0 Å². The molecule has 1 aliphatic rings. The lowest BCUT2D eigenvalue weighted by atomic mass is 9.82. The van der Waals surface area contributed by atoms with Crippen molar-refractivity contribution in [2.75, 3.05) is 5.75 Å². The fraction of sp³-hybridized carbons (Fsp3) is 0.700. The van der Waals surface area contributed by atoms with E-state index in [-0.39, 0.29) is 5.12 Å². The van der Waals surface area contributed by atoms with Crippen molar-refractivity contribution in [3.63, 3.8) is 0 Å². The Balaban J connectivity index is 1.76. The summed E-state index contributed by atoms with van der Waals surface area (Å²) in [6, 6.07) is 4.25. The molecule has 2 rings (SSSR count). The predicted octanol–water partition coefficient (Wildman–Crippen LogP) is 5.66. The zero-order valence-corrected chi connectivity index (χ0v) is 15.3. The second-order valence-electron chi connectivity index (χ2n) is 6.97. The summed E-state index contributed by atoms with van der Waals surface area (Å²) >= 11 is 1.49. The van der Waals surface area contributed by atoms with Crippen LogP contribution in [-0.2, 0) is 11.2 Å². The molecule has 0 aromatic carbocycles. The van der Waals surface area contributed by atoms with E-state index in [0.29, 0.717) is 0 Å². The molecule has 0 spiro atoms. The molecule has 0 amide bonds. The summed E-state index contributed by atoms with van der Waals surface area (Å²) in [7, 11) is 0. The number of carbonyl (C=O) groups is 1. The third kappa shape index (κ3) is 8.01. The maximum absolute atomic E-state index is 11.2. The van der Waals surface area contributed by atoms with Gasteiger partial charge in [-0.2, -0.15) is 0 Å². The normalized spacial score (nSPS) is 17.1. The topological polar surface area (TPSA) is 30.0 Å². The number of hydrogen-bond acceptors (Lipinski definition) is 3. The van der Waals surface area contributed by atoms with Gasteiger partial charge in [-0.05, 0) is 48.8 Å². The van der Waals surface area contributed by atoms with Crippen LogP contribution in [0, 0.1) is 11.8 Å². The van der Waals surface area contributed by atoms with Crippen molar-refractivity contribution in [3.05, 3.63) is 30.1 Å². The first kappa shape index (κ1) is 18.5. The molecular weight excluding hydrogens is 302 g/mol. The van der Waals surface area contributed by atoms with E-state index >= 15 is 0 Å². The fourth-order valence-electron chi connectivity index (χ4n) is 3.67. The van der Waals surface area contributed by atoms with Gasteiger partial charge in [0, 0.05) is 25.1 Å². The zero-order chi connectivity index (χ0) is 16.3. The lowest BCUT2D eigenvalue weighted by Gasteiger charge is -2.24. The monoisotopic (exact) mass is 333 g/mol. The molecular formula is C20H31NOS. The SMILES string of the molecule is CC(=O)SCCC(CCc1ccncc1)CCC1CCCCC1. The van der Waals surface area contributed by atoms with Gasteiger partial charge in [0.25, 0.3) is 0 Å². The van der Waals surface area contributed by atoms with E-state index in [2.05, 4.69) is 17.1 Å². The highest BCUT2D eigenvalue weighted by molar-refractivity contribution is 8.13. The molecule has 0 saturated heterocycles. The van der Waals surface area contributed by atoms with Gasteiger partial charge in [-0.3, -0.25) is 9.78 Å². The van der Waals surface area contributed by atoms with E-state index in [4.69, 9.17) is 0 Å². The van der Waals surface area contributed by atoms with Gasteiger partial charge in [0.15, 0.2) is 5.12 Å². The highest BCUT2D eigenvalue weighted by Gasteiger charge is 2.16. The van der Waals surface area contributed by atoms with Crippen molar-refractivity contribution in [2.24, 2.45) is 11.8 Å². The van der Waals surface area contributed by atoms with Crippen LogP contribution in [0.4, 0.5) is 0 Å². The average Bonchev–Trinajstić information content (AvgIpc) is 2.58. The van der Waals surface area contributed by atoms with Crippen molar-refractivity contribution >= 4 is 16.9 Å². The van der Waals surface area contributed by atoms with Crippen LogP contribution in [0.15, 0.2) is 24.5 Å². The summed E-state index contributed by atoms with van der Waals surface area (Å²) in [5.74, 6) is 2.71. The van der Waals surface area contributed by atoms with Crippen molar-refractivity contribution in [1.82, 2.24) is 4.98 Å². The Morgan fingerprint density at radius 2 is 1.91 bits per heavy atom. The van der Waals surface area contributed by atoms with Gasteiger partial charge in [0.2, 0.25) is 0 Å². The lowest BCUT2D eigenvalue weighted by molar-refractivity contribution is -0.109. The Labute approximate surface area is 145 Å². The summed E-state index contributed by atoms with van der Waals surface area (Å²) in [5, 5.41) is 0.255. The van der Waals surface area contributed by atoms with Gasteiger partial charge >= 0.3 is 0 Å². The second-order valence-corrected chi connectivity index (χ2v) is 8.24. The number of thioether (sulfide) groups is 1. The maximum atomic E-state index is 11.2. The predicted molar refractivity (Wildman–Crippen MR) is 99.6 cm³/mol. The summed E-state index contributed by atoms with van der Waals surface area (Å²) in [5.41, 5.74) is 1.39. The van der Waals surface area contributed by atoms with E-state index in [0.717, 1.165) is 24.0 Å². The van der Waals surface area contributed by atoms with Gasteiger partial charge in [0.1, 0.15) is 0 Å². The van der Waals surface area contributed by atoms with Crippen molar-refractivity contribution in [1.29, 1.82) is 0 Å². The van der Waals surface area contributed by atoms with Crippen molar-refractivity contribution < 1.29 is 4.79 Å². The third-order valence-corrected chi connectivity index (χ3v) is 5.98. The van der Waals surface area contributed by atoms with Crippen molar-refractivity contribution in [3.8, 4) is 0 Å². The van der Waals surface area contributed by atoms with Gasteiger partial charge < -0.3 is 0 Å². The number of aromatic nitrogens is 1. The van der Waals surface area contributed by atoms with E-state index in [1.54, 1.807) is 6.92 Å². The molecule has 1 saturated carbocycles. The quantitative estimate of drug-likeness (QED) is 0.584. The van der Waals surface area contributed by atoms with E-state index < -0.39 is 0 Å². The molecule has 1 unspecified atom stereocenters. The average molecular weight is 334 g/mol. The molecule has 1 aromatic heterocycles. The number of pyridine rings is 1. The van der Waals surface area contributed by atoms with Crippen LogP contribution in [0.1, 0.15) is 70.3 Å². The Hall–Kier alpha value is -0.830. The minimum Gasteiger partial charge on any atom is -0.288 e. The molecule has 0 radical (unpaired) electrons. The van der Waals surface area contributed by atoms with E-state index in [9.17, 15) is 4.79 Å². The van der Waals surface area contributed by atoms with Crippen LogP contribution in [0.5, 0.6) is 0 Å². The first-order chi connectivity index (χ1) is 11.2.